The van der Waals surface area contributed by atoms with Crippen LogP contribution in [-0.2, 0) is 6.54 Å². The van der Waals surface area contributed by atoms with Crippen molar-refractivity contribution in [3.05, 3.63) is 41.1 Å². The molecule has 1 aliphatic heterocycles. The third-order valence-electron chi connectivity index (χ3n) is 4.66. The lowest BCUT2D eigenvalue weighted by molar-refractivity contribution is 0.255. The number of aryl methyl sites for hydroxylation is 1. The number of imidazole rings is 1. The number of aliphatic imine (C=N–C) groups is 1. The van der Waals surface area contributed by atoms with E-state index >= 15 is 0 Å². The third kappa shape index (κ3) is 7.08. The van der Waals surface area contributed by atoms with Crippen molar-refractivity contribution in [3.63, 3.8) is 0 Å². The molecular weight excluding hydrogens is 471 g/mol. The molecule has 2 aromatic rings. The summed E-state index contributed by atoms with van der Waals surface area (Å²) in [5.41, 5.74) is 0. The van der Waals surface area contributed by atoms with Crippen molar-refractivity contribution in [3.8, 4) is 0 Å². The predicted molar refractivity (Wildman–Crippen MR) is 124 cm³/mol. The molecule has 0 saturated carbocycles. The van der Waals surface area contributed by atoms with E-state index in [2.05, 4.69) is 49.5 Å². The molecule has 2 aromatic heterocycles. The van der Waals surface area contributed by atoms with Gasteiger partial charge in [-0.3, -0.25) is 9.89 Å². The summed E-state index contributed by atoms with van der Waals surface area (Å²) in [5.74, 6) is 0.916. The molecule has 0 aromatic carbocycles. The molecular formula is C19H31IN6S. The van der Waals surface area contributed by atoms with Crippen molar-refractivity contribution in [2.45, 2.75) is 38.8 Å². The Morgan fingerprint density at radius 3 is 2.85 bits per heavy atom. The number of thiophene rings is 1. The number of hydrogen-bond acceptors (Lipinski definition) is 4. The zero-order valence-corrected chi connectivity index (χ0v) is 19.2. The Morgan fingerprint density at radius 1 is 1.33 bits per heavy atom. The summed E-state index contributed by atoms with van der Waals surface area (Å²) >= 11 is 1.84. The average molecular weight is 502 g/mol. The Morgan fingerprint density at radius 2 is 2.19 bits per heavy atom. The molecule has 1 unspecified atom stereocenters. The number of hydrogen-bond donors (Lipinski definition) is 2. The van der Waals surface area contributed by atoms with Crippen molar-refractivity contribution in [2.75, 3.05) is 32.7 Å². The summed E-state index contributed by atoms with van der Waals surface area (Å²) in [4.78, 5) is 13.0. The van der Waals surface area contributed by atoms with E-state index in [1.807, 2.05) is 30.1 Å². The number of guanidine groups is 1. The molecule has 0 aliphatic carbocycles. The summed E-state index contributed by atoms with van der Waals surface area (Å²) in [5, 5.41) is 9.00. The number of aromatic nitrogens is 2. The molecule has 3 heterocycles. The van der Waals surface area contributed by atoms with Crippen molar-refractivity contribution in [1.29, 1.82) is 0 Å². The summed E-state index contributed by atoms with van der Waals surface area (Å²) in [6.07, 6.45) is 9.33. The van der Waals surface area contributed by atoms with Gasteiger partial charge in [0, 0.05) is 36.9 Å². The zero-order chi connectivity index (χ0) is 18.0. The summed E-state index contributed by atoms with van der Waals surface area (Å²) in [6.45, 7) is 8.04. The molecule has 3 rings (SSSR count). The molecule has 1 aliphatic rings. The molecule has 6 nitrogen and oxygen atoms in total. The fourth-order valence-electron chi connectivity index (χ4n) is 3.33. The van der Waals surface area contributed by atoms with E-state index in [-0.39, 0.29) is 24.0 Å². The van der Waals surface area contributed by atoms with Crippen molar-refractivity contribution < 1.29 is 0 Å². The monoisotopic (exact) mass is 502 g/mol. The highest BCUT2D eigenvalue weighted by atomic mass is 127. The minimum Gasteiger partial charge on any atom is -0.357 e. The maximum absolute atomic E-state index is 4.89. The molecule has 0 radical (unpaired) electrons. The Labute approximate surface area is 183 Å². The Hall–Kier alpha value is -1.13. The summed E-state index contributed by atoms with van der Waals surface area (Å²) < 4.78 is 2.10. The molecule has 2 N–H and O–H groups in total. The number of halogens is 1. The van der Waals surface area contributed by atoms with E-state index in [0.29, 0.717) is 6.04 Å². The highest BCUT2D eigenvalue weighted by molar-refractivity contribution is 14.0. The molecule has 0 amide bonds. The van der Waals surface area contributed by atoms with Crippen LogP contribution in [0.2, 0.25) is 0 Å². The van der Waals surface area contributed by atoms with E-state index in [1.54, 1.807) is 0 Å². The molecule has 1 atom stereocenters. The first-order valence-corrected chi connectivity index (χ1v) is 10.5. The minimum atomic E-state index is 0. The lowest BCUT2D eigenvalue weighted by atomic mass is 10.2. The van der Waals surface area contributed by atoms with Gasteiger partial charge in [-0.05, 0) is 50.7 Å². The predicted octanol–water partition coefficient (Wildman–Crippen LogP) is 3.34. The molecule has 1 saturated heterocycles. The Kier molecular flexibility index (Phi) is 10.1. The topological polar surface area (TPSA) is 57.5 Å². The highest BCUT2D eigenvalue weighted by Gasteiger charge is 2.24. The quantitative estimate of drug-likeness (QED) is 0.239. The van der Waals surface area contributed by atoms with Gasteiger partial charge in [0.25, 0.3) is 0 Å². The van der Waals surface area contributed by atoms with Crippen LogP contribution in [0.25, 0.3) is 0 Å². The summed E-state index contributed by atoms with van der Waals surface area (Å²) in [6, 6.07) is 4.79. The SMILES string of the molecule is CCNC(=NCC(c1cccs1)N1CCCC1)NCCCn1ccnc1.I. The third-order valence-corrected chi connectivity index (χ3v) is 5.64. The molecule has 150 valence electrons. The van der Waals surface area contributed by atoms with Gasteiger partial charge in [-0.15, -0.1) is 35.3 Å². The minimum absolute atomic E-state index is 0. The van der Waals surface area contributed by atoms with Crippen molar-refractivity contribution in [2.24, 2.45) is 4.99 Å². The fraction of sp³-hybridized carbons (Fsp3) is 0.579. The number of nitrogens with one attached hydrogen (secondary N) is 2. The molecule has 27 heavy (non-hydrogen) atoms. The van der Waals surface area contributed by atoms with Crippen molar-refractivity contribution in [1.82, 2.24) is 25.1 Å². The lowest BCUT2D eigenvalue weighted by Gasteiger charge is -2.25. The van der Waals surface area contributed by atoms with Crippen LogP contribution in [0.1, 0.15) is 37.1 Å². The maximum Gasteiger partial charge on any atom is 0.191 e. The van der Waals surface area contributed by atoms with E-state index in [9.17, 15) is 0 Å². The van der Waals surface area contributed by atoms with Crippen LogP contribution in [0.4, 0.5) is 0 Å². The second-order valence-electron chi connectivity index (χ2n) is 6.57. The zero-order valence-electron chi connectivity index (χ0n) is 16.0. The highest BCUT2D eigenvalue weighted by Crippen LogP contribution is 2.28. The van der Waals surface area contributed by atoms with E-state index in [0.717, 1.165) is 38.6 Å². The first kappa shape index (κ1) is 22.2. The van der Waals surface area contributed by atoms with Crippen LogP contribution in [0.5, 0.6) is 0 Å². The molecule has 1 fully saturated rings. The Balaban J connectivity index is 0.00000261. The smallest absolute Gasteiger partial charge is 0.191 e. The van der Waals surface area contributed by atoms with Crippen LogP contribution in [0.15, 0.2) is 41.2 Å². The van der Waals surface area contributed by atoms with Crippen LogP contribution in [-0.4, -0.2) is 53.1 Å². The Bertz CT molecular complexity index is 637. The van der Waals surface area contributed by atoms with E-state index < -0.39 is 0 Å². The van der Waals surface area contributed by atoms with Gasteiger partial charge in [0.05, 0.1) is 18.9 Å². The number of likely N-dealkylation sites (tertiary alicyclic amines) is 1. The van der Waals surface area contributed by atoms with E-state index in [1.165, 1.54) is 30.8 Å². The van der Waals surface area contributed by atoms with Crippen LogP contribution < -0.4 is 10.6 Å². The average Bonchev–Trinajstić information content (AvgIpc) is 3.42. The van der Waals surface area contributed by atoms with Gasteiger partial charge in [0.1, 0.15) is 0 Å². The molecule has 0 bridgehead atoms. The van der Waals surface area contributed by atoms with Crippen LogP contribution in [0.3, 0.4) is 0 Å². The van der Waals surface area contributed by atoms with Gasteiger partial charge < -0.3 is 15.2 Å². The van der Waals surface area contributed by atoms with Gasteiger partial charge in [-0.1, -0.05) is 6.07 Å². The standard InChI is InChI=1S/C19H30N6S.HI/c1-2-21-19(22-8-6-10-24-13-9-20-16-24)23-15-17(18-7-5-14-26-18)25-11-3-4-12-25;/h5,7,9,13-14,16-17H,2-4,6,8,10-12,15H2,1H3,(H2,21,22,23);1H. The van der Waals surface area contributed by atoms with Gasteiger partial charge in [-0.2, -0.15) is 0 Å². The van der Waals surface area contributed by atoms with Crippen LogP contribution >= 0.6 is 35.3 Å². The molecule has 0 spiro atoms. The lowest BCUT2D eigenvalue weighted by Crippen LogP contribution is -2.39. The first-order chi connectivity index (χ1) is 12.9. The second-order valence-corrected chi connectivity index (χ2v) is 7.55. The van der Waals surface area contributed by atoms with E-state index in [4.69, 9.17) is 4.99 Å². The first-order valence-electron chi connectivity index (χ1n) is 9.62. The normalized spacial score (nSPS) is 16.1. The second kappa shape index (κ2) is 12.4. The molecule has 8 heteroatoms. The number of nitrogens with zero attached hydrogens (tertiary/aromatic N) is 4. The van der Waals surface area contributed by atoms with Crippen molar-refractivity contribution >= 4 is 41.3 Å². The largest absolute Gasteiger partial charge is 0.357 e. The maximum atomic E-state index is 4.89. The number of rotatable bonds is 9. The van der Waals surface area contributed by atoms with Gasteiger partial charge in [-0.25, -0.2) is 4.98 Å². The summed E-state index contributed by atoms with van der Waals surface area (Å²) in [7, 11) is 0. The van der Waals surface area contributed by atoms with Gasteiger partial charge in [0.15, 0.2) is 5.96 Å². The van der Waals surface area contributed by atoms with Crippen LogP contribution in [0, 0.1) is 0 Å². The van der Waals surface area contributed by atoms with Gasteiger partial charge in [0.2, 0.25) is 0 Å². The van der Waals surface area contributed by atoms with Gasteiger partial charge >= 0.3 is 0 Å². The fourth-order valence-corrected chi connectivity index (χ4v) is 4.18.